The molecule has 1 heterocycles. The molecule has 0 bridgehead atoms. The van der Waals surface area contributed by atoms with E-state index in [0.717, 1.165) is 27.6 Å². The molecule has 158 valence electrons. The zero-order valence-electron chi connectivity index (χ0n) is 17.8. The molecule has 0 aliphatic rings. The lowest BCUT2D eigenvalue weighted by atomic mass is 9.99. The van der Waals surface area contributed by atoms with Crippen LogP contribution in [0.4, 0.5) is 5.95 Å². The van der Waals surface area contributed by atoms with Crippen LogP contribution in [0, 0.1) is 0 Å². The first-order valence-electron chi connectivity index (χ1n) is 9.60. The second-order valence-corrected chi connectivity index (χ2v) is 6.80. The van der Waals surface area contributed by atoms with E-state index in [-0.39, 0.29) is 5.95 Å². The van der Waals surface area contributed by atoms with E-state index in [0.29, 0.717) is 28.7 Å². The average molecular weight is 417 g/mol. The number of methoxy groups -OCH3 is 4. The summed E-state index contributed by atoms with van der Waals surface area (Å²) in [6.45, 7) is 0. The molecular weight excluding hydrogens is 394 g/mol. The SMILES string of the molecule is COc1ccc(-c2ccc3nc(N)nc(-c4ccc(OC)c(OC)c4)c3c2)cc1OC. The van der Waals surface area contributed by atoms with Gasteiger partial charge in [0.25, 0.3) is 0 Å². The molecule has 3 aromatic carbocycles. The number of nitrogens with zero attached hydrogens (tertiary/aromatic N) is 2. The zero-order chi connectivity index (χ0) is 22.0. The highest BCUT2D eigenvalue weighted by atomic mass is 16.5. The van der Waals surface area contributed by atoms with Gasteiger partial charge in [0, 0.05) is 10.9 Å². The van der Waals surface area contributed by atoms with Gasteiger partial charge in [-0.1, -0.05) is 12.1 Å². The molecule has 0 fully saturated rings. The van der Waals surface area contributed by atoms with Crippen LogP contribution in [0.3, 0.4) is 0 Å². The number of hydrogen-bond donors (Lipinski definition) is 1. The topological polar surface area (TPSA) is 88.7 Å². The molecule has 1 aromatic heterocycles. The third-order valence-electron chi connectivity index (χ3n) is 5.09. The third kappa shape index (κ3) is 3.77. The van der Waals surface area contributed by atoms with E-state index in [2.05, 4.69) is 9.97 Å². The van der Waals surface area contributed by atoms with Crippen LogP contribution in [-0.4, -0.2) is 38.4 Å². The molecule has 31 heavy (non-hydrogen) atoms. The number of anilines is 1. The maximum atomic E-state index is 6.00. The van der Waals surface area contributed by atoms with Crippen molar-refractivity contribution < 1.29 is 18.9 Å². The predicted octanol–water partition coefficient (Wildman–Crippen LogP) is 4.58. The van der Waals surface area contributed by atoms with Crippen molar-refractivity contribution in [1.29, 1.82) is 0 Å². The summed E-state index contributed by atoms with van der Waals surface area (Å²) in [5.74, 6) is 2.80. The summed E-state index contributed by atoms with van der Waals surface area (Å²) < 4.78 is 21.6. The summed E-state index contributed by atoms with van der Waals surface area (Å²) in [5.41, 5.74) is 10.3. The van der Waals surface area contributed by atoms with Crippen LogP contribution in [0.25, 0.3) is 33.3 Å². The van der Waals surface area contributed by atoms with Gasteiger partial charge in [-0.05, 0) is 53.6 Å². The Labute approximate surface area is 180 Å². The smallest absolute Gasteiger partial charge is 0.221 e. The molecule has 7 nitrogen and oxygen atoms in total. The van der Waals surface area contributed by atoms with Crippen molar-refractivity contribution in [2.75, 3.05) is 34.2 Å². The molecule has 4 aromatic rings. The fraction of sp³-hybridized carbons (Fsp3) is 0.167. The van der Waals surface area contributed by atoms with Crippen molar-refractivity contribution in [3.8, 4) is 45.4 Å². The Balaban J connectivity index is 1.90. The summed E-state index contributed by atoms with van der Waals surface area (Å²) >= 11 is 0. The monoisotopic (exact) mass is 417 g/mol. The first-order chi connectivity index (χ1) is 15.1. The van der Waals surface area contributed by atoms with Crippen molar-refractivity contribution in [2.24, 2.45) is 0 Å². The lowest BCUT2D eigenvalue weighted by molar-refractivity contribution is 0.355. The Kier molecular flexibility index (Phi) is 5.49. The Morgan fingerprint density at radius 1 is 0.581 bits per heavy atom. The average Bonchev–Trinajstić information content (AvgIpc) is 2.82. The lowest BCUT2D eigenvalue weighted by Crippen LogP contribution is -1.99. The molecule has 0 aliphatic carbocycles. The van der Waals surface area contributed by atoms with Gasteiger partial charge in [0.05, 0.1) is 39.6 Å². The van der Waals surface area contributed by atoms with E-state index in [1.165, 1.54) is 0 Å². The minimum atomic E-state index is 0.205. The highest BCUT2D eigenvalue weighted by Gasteiger charge is 2.14. The number of hydrogen-bond acceptors (Lipinski definition) is 7. The number of aromatic nitrogens is 2. The number of fused-ring (bicyclic) bond motifs is 1. The van der Waals surface area contributed by atoms with E-state index >= 15 is 0 Å². The fourth-order valence-electron chi connectivity index (χ4n) is 3.55. The summed E-state index contributed by atoms with van der Waals surface area (Å²) in [5, 5.41) is 0.869. The first-order valence-corrected chi connectivity index (χ1v) is 9.60. The zero-order valence-corrected chi connectivity index (χ0v) is 17.8. The van der Waals surface area contributed by atoms with Gasteiger partial charge < -0.3 is 24.7 Å². The van der Waals surface area contributed by atoms with Crippen molar-refractivity contribution in [3.05, 3.63) is 54.6 Å². The minimum Gasteiger partial charge on any atom is -0.493 e. The second-order valence-electron chi connectivity index (χ2n) is 6.80. The molecule has 4 rings (SSSR count). The van der Waals surface area contributed by atoms with E-state index in [1.807, 2.05) is 54.6 Å². The van der Waals surface area contributed by atoms with E-state index in [1.54, 1.807) is 28.4 Å². The van der Waals surface area contributed by atoms with Crippen molar-refractivity contribution in [1.82, 2.24) is 9.97 Å². The molecule has 0 unspecified atom stereocenters. The second kappa shape index (κ2) is 8.39. The number of benzene rings is 3. The largest absolute Gasteiger partial charge is 0.493 e. The Morgan fingerprint density at radius 2 is 1.10 bits per heavy atom. The molecular formula is C24H23N3O4. The van der Waals surface area contributed by atoms with Gasteiger partial charge in [0.15, 0.2) is 23.0 Å². The van der Waals surface area contributed by atoms with Crippen molar-refractivity contribution >= 4 is 16.9 Å². The van der Waals surface area contributed by atoms with Gasteiger partial charge in [-0.15, -0.1) is 0 Å². The molecule has 0 saturated carbocycles. The van der Waals surface area contributed by atoms with Crippen LogP contribution in [-0.2, 0) is 0 Å². The quantitative estimate of drug-likeness (QED) is 0.491. The maximum Gasteiger partial charge on any atom is 0.221 e. The summed E-state index contributed by atoms with van der Waals surface area (Å²) in [6, 6.07) is 17.4. The standard InChI is InChI=1S/C24H23N3O4/c1-28-19-9-6-15(12-21(19)30-3)14-5-8-18-17(11-14)23(27-24(25)26-18)16-7-10-20(29-2)22(13-16)31-4/h5-13H,1-4H3,(H2,25,26,27). The molecule has 0 saturated heterocycles. The molecule has 0 atom stereocenters. The molecule has 0 spiro atoms. The predicted molar refractivity (Wildman–Crippen MR) is 121 cm³/mol. The minimum absolute atomic E-state index is 0.205. The molecule has 0 radical (unpaired) electrons. The number of nitrogen functional groups attached to an aromatic ring is 1. The highest BCUT2D eigenvalue weighted by molar-refractivity contribution is 5.96. The molecule has 7 heteroatoms. The molecule has 2 N–H and O–H groups in total. The fourth-order valence-corrected chi connectivity index (χ4v) is 3.55. The van der Waals surface area contributed by atoms with Gasteiger partial charge >= 0.3 is 0 Å². The lowest BCUT2D eigenvalue weighted by Gasteiger charge is -2.13. The van der Waals surface area contributed by atoms with Crippen molar-refractivity contribution in [2.45, 2.75) is 0 Å². The third-order valence-corrected chi connectivity index (χ3v) is 5.09. The normalized spacial score (nSPS) is 10.7. The van der Waals surface area contributed by atoms with Crippen LogP contribution in [0.2, 0.25) is 0 Å². The van der Waals surface area contributed by atoms with Crippen LogP contribution in [0.5, 0.6) is 23.0 Å². The number of nitrogens with two attached hydrogens (primary N) is 1. The summed E-state index contributed by atoms with van der Waals surface area (Å²) in [6.07, 6.45) is 0. The first kappa shape index (κ1) is 20.3. The van der Waals surface area contributed by atoms with Crippen molar-refractivity contribution in [3.63, 3.8) is 0 Å². The van der Waals surface area contributed by atoms with Gasteiger partial charge in [0.2, 0.25) is 5.95 Å². The van der Waals surface area contributed by atoms with Gasteiger partial charge in [0.1, 0.15) is 0 Å². The van der Waals surface area contributed by atoms with E-state index < -0.39 is 0 Å². The van der Waals surface area contributed by atoms with Crippen LogP contribution in [0.1, 0.15) is 0 Å². The maximum absolute atomic E-state index is 6.00. The van der Waals surface area contributed by atoms with Crippen LogP contribution in [0.15, 0.2) is 54.6 Å². The van der Waals surface area contributed by atoms with E-state index in [9.17, 15) is 0 Å². The molecule has 0 aliphatic heterocycles. The van der Waals surface area contributed by atoms with Gasteiger partial charge in [-0.3, -0.25) is 0 Å². The Morgan fingerprint density at radius 3 is 1.71 bits per heavy atom. The highest BCUT2D eigenvalue weighted by Crippen LogP contribution is 2.37. The van der Waals surface area contributed by atoms with Gasteiger partial charge in [-0.2, -0.15) is 0 Å². The van der Waals surface area contributed by atoms with E-state index in [4.69, 9.17) is 24.7 Å². The summed E-state index contributed by atoms with van der Waals surface area (Å²) in [7, 11) is 6.44. The number of rotatable bonds is 6. The Bertz CT molecular complexity index is 1260. The van der Waals surface area contributed by atoms with Crippen LogP contribution < -0.4 is 24.7 Å². The summed E-state index contributed by atoms with van der Waals surface area (Å²) in [4.78, 5) is 8.92. The number of ether oxygens (including phenoxy) is 4. The Hall–Kier alpha value is -4.00. The molecule has 0 amide bonds. The van der Waals surface area contributed by atoms with Crippen LogP contribution >= 0.6 is 0 Å². The van der Waals surface area contributed by atoms with Gasteiger partial charge in [-0.25, -0.2) is 9.97 Å².